The highest BCUT2D eigenvalue weighted by molar-refractivity contribution is 7.89. The quantitative estimate of drug-likeness (QED) is 0.560. The summed E-state index contributed by atoms with van der Waals surface area (Å²) in [4.78, 5) is 22.4. The highest BCUT2D eigenvalue weighted by Crippen LogP contribution is 2.32. The number of likely N-dealkylation sites (N-methyl/N-ethyl adjacent to an activating group) is 1. The lowest BCUT2D eigenvalue weighted by atomic mass is 10.1. The first-order chi connectivity index (χ1) is 15.8. The molecule has 10 nitrogen and oxygen atoms in total. The van der Waals surface area contributed by atoms with Crippen molar-refractivity contribution in [3.05, 3.63) is 46.6 Å². The van der Waals surface area contributed by atoms with E-state index in [1.165, 1.54) is 21.1 Å². The number of rotatable bonds is 7. The molecule has 0 amide bonds. The Balaban J connectivity index is 1.88. The number of hydrogen-bond acceptors (Lipinski definition) is 7. The summed E-state index contributed by atoms with van der Waals surface area (Å²) in [7, 11) is -0.188. The molecular formula is C22H28N6O4S. The molecule has 0 radical (unpaired) electrons. The zero-order chi connectivity index (χ0) is 23.8. The Morgan fingerprint density at radius 2 is 1.94 bits per heavy atom. The smallest absolute Gasteiger partial charge is 0.277 e. The van der Waals surface area contributed by atoms with Crippen LogP contribution in [0.2, 0.25) is 0 Å². The van der Waals surface area contributed by atoms with E-state index in [4.69, 9.17) is 4.74 Å². The molecule has 0 unspecified atom stereocenters. The average Bonchev–Trinajstić information content (AvgIpc) is 3.10. The summed E-state index contributed by atoms with van der Waals surface area (Å²) in [6, 6.07) is 4.62. The van der Waals surface area contributed by atoms with Crippen LogP contribution in [-0.4, -0.2) is 64.1 Å². The molecule has 1 aromatic carbocycles. The minimum absolute atomic E-state index is 0.0953. The van der Waals surface area contributed by atoms with E-state index in [2.05, 4.69) is 15.1 Å². The second-order valence-corrected chi connectivity index (χ2v) is 9.81. The molecule has 176 valence electrons. The molecule has 1 aliphatic heterocycles. The van der Waals surface area contributed by atoms with Gasteiger partial charge in [0, 0.05) is 33.0 Å². The molecular weight excluding hydrogens is 444 g/mol. The summed E-state index contributed by atoms with van der Waals surface area (Å²) in [5.74, 6) is 0.682. The number of H-pyrrole nitrogens is 1. The van der Waals surface area contributed by atoms with Gasteiger partial charge in [0.05, 0.1) is 29.3 Å². The van der Waals surface area contributed by atoms with Gasteiger partial charge in [-0.2, -0.15) is 5.10 Å². The van der Waals surface area contributed by atoms with E-state index in [0.717, 1.165) is 12.1 Å². The van der Waals surface area contributed by atoms with Crippen LogP contribution < -0.4 is 10.3 Å². The first-order valence-electron chi connectivity index (χ1n) is 10.9. The van der Waals surface area contributed by atoms with Gasteiger partial charge in [-0.15, -0.1) is 0 Å². The van der Waals surface area contributed by atoms with Crippen molar-refractivity contribution in [3.8, 4) is 17.1 Å². The predicted molar refractivity (Wildman–Crippen MR) is 125 cm³/mol. The van der Waals surface area contributed by atoms with E-state index in [0.29, 0.717) is 48.5 Å². The van der Waals surface area contributed by atoms with Crippen LogP contribution in [0.25, 0.3) is 22.4 Å². The predicted octanol–water partition coefficient (Wildman–Crippen LogP) is 2.08. The van der Waals surface area contributed by atoms with Gasteiger partial charge < -0.3 is 14.6 Å². The van der Waals surface area contributed by atoms with Crippen LogP contribution in [0, 0.1) is 0 Å². The maximum atomic E-state index is 13.3. The Morgan fingerprint density at radius 1 is 1.15 bits per heavy atom. The normalized spacial score (nSPS) is 14.3. The van der Waals surface area contributed by atoms with Crippen LogP contribution in [-0.2, 0) is 23.5 Å². The van der Waals surface area contributed by atoms with Gasteiger partial charge in [0.2, 0.25) is 0 Å². The third-order valence-corrected chi connectivity index (χ3v) is 7.29. The fourth-order valence-electron chi connectivity index (χ4n) is 3.84. The van der Waals surface area contributed by atoms with Crippen LogP contribution in [0.3, 0.4) is 0 Å². The lowest BCUT2D eigenvalue weighted by Gasteiger charge is -2.28. The van der Waals surface area contributed by atoms with E-state index >= 15 is 0 Å². The van der Waals surface area contributed by atoms with E-state index in [1.807, 2.05) is 25.8 Å². The monoisotopic (exact) mass is 472 g/mol. The van der Waals surface area contributed by atoms with Gasteiger partial charge >= 0.3 is 0 Å². The number of ether oxygens (including phenoxy) is 1. The number of sulfonamides is 1. The highest BCUT2D eigenvalue weighted by atomic mass is 32.2. The molecule has 11 heteroatoms. The molecule has 0 aliphatic carbocycles. The van der Waals surface area contributed by atoms with Gasteiger partial charge in [-0.3, -0.25) is 13.8 Å². The number of nitrogens with one attached hydrogen (secondary N) is 1. The van der Waals surface area contributed by atoms with Crippen LogP contribution in [0.15, 0.2) is 40.3 Å². The Bertz CT molecular complexity index is 1380. The fraction of sp³-hybridized carbons (Fsp3) is 0.409. The Labute approximate surface area is 192 Å². The van der Waals surface area contributed by atoms with Crippen molar-refractivity contribution in [2.24, 2.45) is 7.05 Å². The van der Waals surface area contributed by atoms with Crippen molar-refractivity contribution < 1.29 is 13.2 Å². The summed E-state index contributed by atoms with van der Waals surface area (Å²) in [5, 5.41) is 4.45. The minimum atomic E-state index is -3.78. The van der Waals surface area contributed by atoms with Gasteiger partial charge in [0.15, 0.2) is 5.52 Å². The number of fused-ring (bicyclic) bond motifs is 1. The molecule has 0 fully saturated rings. The number of aryl methyl sites for hydroxylation is 2. The number of nitrogens with zero attached hydrogens (tertiary/aromatic N) is 5. The largest absolute Gasteiger partial charge is 0.493 e. The maximum absolute atomic E-state index is 13.3. The molecule has 0 spiro atoms. The SMILES string of the molecule is CCCc1nn(C)c2c(=O)[nH]c(-c3cc(S(=O)(=O)N4C=CN(C)CC4)ccc3OCC)nc12. The molecule has 0 saturated heterocycles. The molecule has 4 rings (SSSR count). The molecule has 1 N–H and O–H groups in total. The average molecular weight is 473 g/mol. The van der Waals surface area contributed by atoms with Crippen molar-refractivity contribution in [2.45, 2.75) is 31.6 Å². The zero-order valence-corrected chi connectivity index (χ0v) is 20.0. The number of hydrogen-bond donors (Lipinski definition) is 1. The Kier molecular flexibility index (Phi) is 6.15. The summed E-state index contributed by atoms with van der Waals surface area (Å²) >= 11 is 0. The van der Waals surface area contributed by atoms with E-state index in [9.17, 15) is 13.2 Å². The van der Waals surface area contributed by atoms with Gasteiger partial charge in [0.25, 0.3) is 15.6 Å². The van der Waals surface area contributed by atoms with Crippen molar-refractivity contribution in [1.82, 2.24) is 29.0 Å². The summed E-state index contributed by atoms with van der Waals surface area (Å²) < 4.78 is 35.1. The standard InChI is InChI=1S/C22H28N6O4S/c1-5-7-17-19-20(27(4)25-17)22(29)24-21(23-19)16-14-15(8-9-18(16)32-6-2)33(30,31)28-12-10-26(3)11-13-28/h8-10,12,14H,5-7,11,13H2,1-4H3,(H,23,24,29). The number of aromatic amines is 1. The molecule has 2 aromatic heterocycles. The van der Waals surface area contributed by atoms with Crippen molar-refractivity contribution in [3.63, 3.8) is 0 Å². The molecule has 3 aromatic rings. The highest BCUT2D eigenvalue weighted by Gasteiger charge is 2.26. The van der Waals surface area contributed by atoms with Crippen LogP contribution in [0.1, 0.15) is 26.0 Å². The second kappa shape index (κ2) is 8.89. The summed E-state index contributed by atoms with van der Waals surface area (Å²) in [6.45, 7) is 5.17. The Morgan fingerprint density at radius 3 is 2.61 bits per heavy atom. The molecule has 0 atom stereocenters. The minimum Gasteiger partial charge on any atom is -0.493 e. The second-order valence-electron chi connectivity index (χ2n) is 7.92. The topological polar surface area (TPSA) is 113 Å². The van der Waals surface area contributed by atoms with Crippen LogP contribution in [0.5, 0.6) is 5.75 Å². The first-order valence-corrected chi connectivity index (χ1v) is 12.3. The maximum Gasteiger partial charge on any atom is 0.277 e. The van der Waals surface area contributed by atoms with Gasteiger partial charge in [0.1, 0.15) is 17.1 Å². The summed E-state index contributed by atoms with van der Waals surface area (Å²) in [6.07, 6.45) is 4.80. The number of aromatic nitrogens is 4. The van der Waals surface area contributed by atoms with E-state index < -0.39 is 10.0 Å². The van der Waals surface area contributed by atoms with Gasteiger partial charge in [-0.25, -0.2) is 13.4 Å². The van der Waals surface area contributed by atoms with Crippen LogP contribution >= 0.6 is 0 Å². The molecule has 33 heavy (non-hydrogen) atoms. The van der Waals surface area contributed by atoms with E-state index in [-0.39, 0.29) is 16.3 Å². The molecule has 0 bridgehead atoms. The number of benzene rings is 1. The fourth-order valence-corrected chi connectivity index (χ4v) is 5.16. The lowest BCUT2D eigenvalue weighted by Crippen LogP contribution is -2.36. The lowest BCUT2D eigenvalue weighted by molar-refractivity contribution is 0.341. The van der Waals surface area contributed by atoms with Crippen molar-refractivity contribution >= 4 is 21.1 Å². The first kappa shape index (κ1) is 22.8. The third-order valence-electron chi connectivity index (χ3n) is 5.52. The van der Waals surface area contributed by atoms with Crippen LogP contribution in [0.4, 0.5) is 0 Å². The molecule has 1 aliphatic rings. The zero-order valence-electron chi connectivity index (χ0n) is 19.2. The van der Waals surface area contributed by atoms with E-state index in [1.54, 1.807) is 25.5 Å². The van der Waals surface area contributed by atoms with Gasteiger partial charge in [-0.1, -0.05) is 13.3 Å². The van der Waals surface area contributed by atoms with Crippen molar-refractivity contribution in [2.75, 3.05) is 26.7 Å². The molecule has 0 saturated carbocycles. The third kappa shape index (κ3) is 4.20. The van der Waals surface area contributed by atoms with Crippen molar-refractivity contribution in [1.29, 1.82) is 0 Å². The molecule has 3 heterocycles. The van der Waals surface area contributed by atoms with Gasteiger partial charge in [-0.05, 0) is 31.5 Å². The summed E-state index contributed by atoms with van der Waals surface area (Å²) in [5.41, 5.74) is 1.68. The Hall–Kier alpha value is -3.34.